The first-order valence-electron chi connectivity index (χ1n) is 5.38. The first kappa shape index (κ1) is 10.8. The molecule has 3 heteroatoms. The van der Waals surface area contributed by atoms with Crippen LogP contribution in [0.15, 0.2) is 41.2 Å². The van der Waals surface area contributed by atoms with E-state index >= 15 is 0 Å². The predicted molar refractivity (Wildman–Crippen MR) is 79.5 cm³/mol. The van der Waals surface area contributed by atoms with Gasteiger partial charge < -0.3 is 4.98 Å². The molecule has 17 heavy (non-hydrogen) atoms. The molecule has 84 valence electrons. The lowest BCUT2D eigenvalue weighted by molar-refractivity contribution is 1.41. The highest BCUT2D eigenvalue weighted by atomic mass is 127. The zero-order valence-electron chi connectivity index (χ0n) is 9.25. The minimum Gasteiger partial charge on any atom is -0.354 e. The summed E-state index contributed by atoms with van der Waals surface area (Å²) in [6.07, 6.45) is 0. The van der Waals surface area contributed by atoms with E-state index in [1.54, 1.807) is 0 Å². The molecule has 0 aliphatic rings. The Balaban J connectivity index is 2.62. The maximum Gasteiger partial charge on any atom is 0.197 e. The van der Waals surface area contributed by atoms with Crippen molar-refractivity contribution < 1.29 is 0 Å². The van der Waals surface area contributed by atoms with Crippen molar-refractivity contribution in [1.82, 2.24) is 4.98 Å². The number of fused-ring (bicyclic) bond motifs is 2. The fraction of sp³-hybridized carbons (Fsp3) is 0.0714. The number of aromatic nitrogens is 1. The summed E-state index contributed by atoms with van der Waals surface area (Å²) < 4.78 is 1.12. The van der Waals surface area contributed by atoms with Gasteiger partial charge in [-0.3, -0.25) is 4.79 Å². The maximum atomic E-state index is 12.3. The van der Waals surface area contributed by atoms with Gasteiger partial charge in [0.2, 0.25) is 0 Å². The van der Waals surface area contributed by atoms with E-state index in [0.717, 1.165) is 30.9 Å². The Labute approximate surface area is 112 Å². The third kappa shape index (κ3) is 1.65. The number of halogens is 1. The highest BCUT2D eigenvalue weighted by Gasteiger charge is 2.06. The summed E-state index contributed by atoms with van der Waals surface area (Å²) >= 11 is 2.25. The zero-order chi connectivity index (χ0) is 12.0. The van der Waals surface area contributed by atoms with Crippen LogP contribution in [-0.2, 0) is 0 Å². The van der Waals surface area contributed by atoms with Gasteiger partial charge in [-0.1, -0.05) is 12.1 Å². The molecule has 2 aromatic carbocycles. The van der Waals surface area contributed by atoms with Crippen molar-refractivity contribution in [3.8, 4) is 0 Å². The third-order valence-electron chi connectivity index (χ3n) is 3.00. The Morgan fingerprint density at radius 2 is 1.94 bits per heavy atom. The molecule has 0 aliphatic carbocycles. The molecule has 0 fully saturated rings. The van der Waals surface area contributed by atoms with E-state index in [4.69, 9.17) is 0 Å². The van der Waals surface area contributed by atoms with E-state index in [1.165, 1.54) is 0 Å². The summed E-state index contributed by atoms with van der Waals surface area (Å²) in [5.74, 6) is 0. The number of aromatic amines is 1. The van der Waals surface area contributed by atoms with E-state index in [9.17, 15) is 4.79 Å². The SMILES string of the molecule is Cc1cccc2c(=O)c3ccc(I)cc3[nH]c12. The van der Waals surface area contributed by atoms with Gasteiger partial charge in [-0.05, 0) is 59.3 Å². The molecular weight excluding hydrogens is 325 g/mol. The molecule has 2 nitrogen and oxygen atoms in total. The highest BCUT2D eigenvalue weighted by molar-refractivity contribution is 14.1. The molecule has 1 N–H and O–H groups in total. The predicted octanol–water partition coefficient (Wildman–Crippen LogP) is 3.59. The molecule has 0 amide bonds. The summed E-state index contributed by atoms with van der Waals surface area (Å²) in [5.41, 5.74) is 3.05. The lowest BCUT2D eigenvalue weighted by atomic mass is 10.1. The third-order valence-corrected chi connectivity index (χ3v) is 3.67. The Hall–Kier alpha value is -1.36. The Bertz CT molecular complexity index is 789. The number of benzene rings is 2. The molecule has 0 spiro atoms. The largest absolute Gasteiger partial charge is 0.354 e. The quantitative estimate of drug-likeness (QED) is 0.494. The summed E-state index contributed by atoms with van der Waals surface area (Å²) in [5, 5.41) is 1.52. The molecule has 3 aromatic rings. The fourth-order valence-electron chi connectivity index (χ4n) is 2.12. The second kappa shape index (κ2) is 3.84. The van der Waals surface area contributed by atoms with Crippen LogP contribution < -0.4 is 5.43 Å². The zero-order valence-corrected chi connectivity index (χ0v) is 11.4. The fourth-order valence-corrected chi connectivity index (χ4v) is 2.61. The maximum absolute atomic E-state index is 12.3. The number of hydrogen-bond donors (Lipinski definition) is 1. The standard InChI is InChI=1S/C14H10INO/c1-8-3-2-4-11-13(8)16-12-7-9(15)5-6-10(12)14(11)17/h2-7H,1H3,(H,16,17). The summed E-state index contributed by atoms with van der Waals surface area (Å²) in [6, 6.07) is 11.7. The van der Waals surface area contributed by atoms with Crippen molar-refractivity contribution in [3.05, 3.63) is 55.8 Å². The van der Waals surface area contributed by atoms with Gasteiger partial charge >= 0.3 is 0 Å². The Morgan fingerprint density at radius 3 is 2.76 bits per heavy atom. The van der Waals surface area contributed by atoms with Gasteiger partial charge in [-0.25, -0.2) is 0 Å². The van der Waals surface area contributed by atoms with E-state index in [0.29, 0.717) is 0 Å². The first-order valence-corrected chi connectivity index (χ1v) is 6.45. The topological polar surface area (TPSA) is 32.9 Å². The molecule has 1 aromatic heterocycles. The summed E-state index contributed by atoms with van der Waals surface area (Å²) in [7, 11) is 0. The van der Waals surface area contributed by atoms with E-state index < -0.39 is 0 Å². The van der Waals surface area contributed by atoms with Crippen molar-refractivity contribution in [2.45, 2.75) is 6.92 Å². The molecule has 3 rings (SSSR count). The smallest absolute Gasteiger partial charge is 0.197 e. The van der Waals surface area contributed by atoms with Crippen molar-refractivity contribution in [3.63, 3.8) is 0 Å². The van der Waals surface area contributed by atoms with Gasteiger partial charge in [0.15, 0.2) is 5.43 Å². The minimum atomic E-state index is 0.105. The molecule has 0 saturated carbocycles. The van der Waals surface area contributed by atoms with Crippen molar-refractivity contribution in [2.24, 2.45) is 0 Å². The molecule has 0 unspecified atom stereocenters. The number of hydrogen-bond acceptors (Lipinski definition) is 1. The van der Waals surface area contributed by atoms with Crippen LogP contribution in [0, 0.1) is 10.5 Å². The van der Waals surface area contributed by atoms with Gasteiger partial charge in [0, 0.05) is 14.3 Å². The molecule has 0 atom stereocenters. The summed E-state index contributed by atoms with van der Waals surface area (Å²) in [6.45, 7) is 2.01. The van der Waals surface area contributed by atoms with Gasteiger partial charge in [-0.2, -0.15) is 0 Å². The van der Waals surface area contributed by atoms with E-state index in [-0.39, 0.29) is 5.43 Å². The molecule has 0 radical (unpaired) electrons. The van der Waals surface area contributed by atoms with Crippen LogP contribution in [-0.4, -0.2) is 4.98 Å². The number of aryl methyl sites for hydroxylation is 1. The number of nitrogens with one attached hydrogen (secondary N) is 1. The average molecular weight is 335 g/mol. The molecular formula is C14H10INO. The Morgan fingerprint density at radius 1 is 1.12 bits per heavy atom. The van der Waals surface area contributed by atoms with Gasteiger partial charge in [0.1, 0.15) is 0 Å². The van der Waals surface area contributed by atoms with Crippen molar-refractivity contribution in [2.75, 3.05) is 0 Å². The Kier molecular flexibility index (Phi) is 2.43. The number of pyridine rings is 1. The van der Waals surface area contributed by atoms with Gasteiger partial charge in [0.25, 0.3) is 0 Å². The first-order chi connectivity index (χ1) is 8.16. The molecule has 0 saturated heterocycles. The van der Waals surface area contributed by atoms with E-state index in [1.807, 2.05) is 43.3 Å². The van der Waals surface area contributed by atoms with Crippen LogP contribution in [0.5, 0.6) is 0 Å². The molecule has 0 bridgehead atoms. The van der Waals surface area contributed by atoms with Crippen LogP contribution in [0.2, 0.25) is 0 Å². The van der Waals surface area contributed by atoms with Crippen LogP contribution in [0.1, 0.15) is 5.56 Å². The van der Waals surface area contributed by atoms with Gasteiger partial charge in [0.05, 0.1) is 11.0 Å². The van der Waals surface area contributed by atoms with Crippen LogP contribution >= 0.6 is 22.6 Å². The van der Waals surface area contributed by atoms with Crippen LogP contribution in [0.3, 0.4) is 0 Å². The van der Waals surface area contributed by atoms with E-state index in [2.05, 4.69) is 27.6 Å². The summed E-state index contributed by atoms with van der Waals surface area (Å²) in [4.78, 5) is 15.7. The van der Waals surface area contributed by atoms with Crippen LogP contribution in [0.4, 0.5) is 0 Å². The monoisotopic (exact) mass is 335 g/mol. The number of para-hydroxylation sites is 1. The van der Waals surface area contributed by atoms with Crippen molar-refractivity contribution in [1.29, 1.82) is 0 Å². The highest BCUT2D eigenvalue weighted by Crippen LogP contribution is 2.19. The number of rotatable bonds is 0. The second-order valence-electron chi connectivity index (χ2n) is 4.14. The molecule has 0 aliphatic heterocycles. The normalized spacial score (nSPS) is 11.2. The second-order valence-corrected chi connectivity index (χ2v) is 5.39. The average Bonchev–Trinajstić information content (AvgIpc) is 2.30. The lowest BCUT2D eigenvalue weighted by Gasteiger charge is -2.05. The van der Waals surface area contributed by atoms with Gasteiger partial charge in [-0.15, -0.1) is 0 Å². The van der Waals surface area contributed by atoms with Crippen molar-refractivity contribution >= 4 is 44.4 Å². The number of H-pyrrole nitrogens is 1. The van der Waals surface area contributed by atoms with Crippen LogP contribution in [0.25, 0.3) is 21.8 Å². The molecule has 1 heterocycles. The lowest BCUT2D eigenvalue weighted by Crippen LogP contribution is -2.04. The minimum absolute atomic E-state index is 0.105.